The van der Waals surface area contributed by atoms with Crippen LogP contribution >= 0.6 is 11.6 Å². The summed E-state index contributed by atoms with van der Waals surface area (Å²) in [6.07, 6.45) is 1.61. The first-order valence-electron chi connectivity index (χ1n) is 4.77. The molecule has 0 N–H and O–H groups in total. The van der Waals surface area contributed by atoms with E-state index in [1.165, 1.54) is 0 Å². The molecule has 0 radical (unpaired) electrons. The summed E-state index contributed by atoms with van der Waals surface area (Å²) in [6, 6.07) is 11.5. The van der Waals surface area contributed by atoms with Gasteiger partial charge in [-0.1, -0.05) is 30.3 Å². The van der Waals surface area contributed by atoms with Gasteiger partial charge in [0.1, 0.15) is 0 Å². The summed E-state index contributed by atoms with van der Waals surface area (Å²) in [5, 5.41) is 8.52. The molecule has 0 aliphatic carbocycles. The molecule has 4 nitrogen and oxygen atoms in total. The van der Waals surface area contributed by atoms with Gasteiger partial charge in [-0.2, -0.15) is 0 Å². The molecule has 2 heterocycles. The highest BCUT2D eigenvalue weighted by Crippen LogP contribution is 2.20. The number of fused-ring (bicyclic) bond motifs is 1. The highest BCUT2D eigenvalue weighted by atomic mass is 35.5. The second kappa shape index (κ2) is 3.57. The van der Waals surface area contributed by atoms with Crippen molar-refractivity contribution in [1.29, 1.82) is 0 Å². The number of nitrogens with zero attached hydrogens (tertiary/aromatic N) is 4. The Kier molecular flexibility index (Phi) is 2.08. The molecule has 5 heteroatoms. The fourth-order valence-electron chi connectivity index (χ4n) is 1.58. The molecule has 3 rings (SSSR count). The van der Waals surface area contributed by atoms with Crippen molar-refractivity contribution >= 4 is 17.2 Å². The largest absolute Gasteiger partial charge is 0.249 e. The van der Waals surface area contributed by atoms with E-state index in [1.807, 2.05) is 30.3 Å². The Morgan fingerprint density at radius 1 is 1.00 bits per heavy atom. The van der Waals surface area contributed by atoms with Crippen LogP contribution in [0.3, 0.4) is 0 Å². The van der Waals surface area contributed by atoms with Gasteiger partial charge in [0, 0.05) is 17.8 Å². The topological polar surface area (TPSA) is 43.1 Å². The molecule has 3 aromatic rings. The molecule has 1 aromatic carbocycles. The second-order valence-electron chi connectivity index (χ2n) is 3.30. The van der Waals surface area contributed by atoms with E-state index in [1.54, 1.807) is 16.7 Å². The van der Waals surface area contributed by atoms with Crippen LogP contribution in [-0.4, -0.2) is 19.6 Å². The van der Waals surface area contributed by atoms with Gasteiger partial charge in [0.15, 0.2) is 11.5 Å². The number of hydrogen-bond donors (Lipinski definition) is 0. The lowest BCUT2D eigenvalue weighted by Gasteiger charge is -2.00. The van der Waals surface area contributed by atoms with Crippen LogP contribution in [0.25, 0.3) is 17.0 Å². The first kappa shape index (κ1) is 9.30. The molecule has 0 aliphatic heterocycles. The van der Waals surface area contributed by atoms with Gasteiger partial charge in [-0.25, -0.2) is 9.38 Å². The molecule has 0 atom stereocenters. The van der Waals surface area contributed by atoms with Gasteiger partial charge < -0.3 is 0 Å². The van der Waals surface area contributed by atoms with Gasteiger partial charge in [0.05, 0.1) is 0 Å². The summed E-state index contributed by atoms with van der Waals surface area (Å²) in [5.74, 6) is 0.703. The average Bonchev–Trinajstić information content (AvgIpc) is 2.75. The first-order chi connectivity index (χ1) is 7.86. The van der Waals surface area contributed by atoms with E-state index in [4.69, 9.17) is 11.6 Å². The van der Waals surface area contributed by atoms with Crippen molar-refractivity contribution in [3.05, 3.63) is 47.9 Å². The SMILES string of the molecule is Clc1nccc2nnc(-c3ccccc3)n12. The minimum Gasteiger partial charge on any atom is -0.249 e. The zero-order valence-electron chi connectivity index (χ0n) is 8.21. The zero-order chi connectivity index (χ0) is 11.0. The van der Waals surface area contributed by atoms with Crippen LogP contribution in [0.15, 0.2) is 42.6 Å². The summed E-state index contributed by atoms with van der Waals surface area (Å²) in [7, 11) is 0. The fraction of sp³-hybridized carbons (Fsp3) is 0. The monoisotopic (exact) mass is 230 g/mol. The molecule has 0 unspecified atom stereocenters. The Hall–Kier alpha value is -1.94. The van der Waals surface area contributed by atoms with E-state index in [9.17, 15) is 0 Å². The zero-order valence-corrected chi connectivity index (χ0v) is 8.96. The molecule has 2 aromatic heterocycles. The number of aromatic nitrogens is 4. The van der Waals surface area contributed by atoms with E-state index in [0.717, 1.165) is 5.56 Å². The molecule has 0 bridgehead atoms. The number of hydrogen-bond acceptors (Lipinski definition) is 3. The summed E-state index contributed by atoms with van der Waals surface area (Å²) >= 11 is 6.03. The van der Waals surface area contributed by atoms with Gasteiger partial charge in [0.25, 0.3) is 0 Å². The molecular formula is C11H7ClN4. The highest BCUT2D eigenvalue weighted by molar-refractivity contribution is 6.28. The Morgan fingerprint density at radius 3 is 2.62 bits per heavy atom. The maximum Gasteiger partial charge on any atom is 0.210 e. The summed E-state index contributed by atoms with van der Waals surface area (Å²) in [6.45, 7) is 0. The smallest absolute Gasteiger partial charge is 0.210 e. The van der Waals surface area contributed by atoms with Crippen molar-refractivity contribution in [3.63, 3.8) is 0 Å². The summed E-state index contributed by atoms with van der Waals surface area (Å²) in [4.78, 5) is 4.01. The summed E-state index contributed by atoms with van der Waals surface area (Å²) < 4.78 is 1.72. The van der Waals surface area contributed by atoms with Crippen LogP contribution in [0.1, 0.15) is 0 Å². The minimum atomic E-state index is 0.362. The Balaban J connectivity index is 2.33. The van der Waals surface area contributed by atoms with Gasteiger partial charge in [0.2, 0.25) is 5.28 Å². The Bertz CT molecular complexity index is 633. The quantitative estimate of drug-likeness (QED) is 0.603. The van der Waals surface area contributed by atoms with Crippen molar-refractivity contribution in [2.24, 2.45) is 0 Å². The standard InChI is InChI=1S/C11H7ClN4/c12-11-13-7-6-9-14-15-10(16(9)11)8-4-2-1-3-5-8/h1-7H. The molecule has 0 saturated carbocycles. The van der Waals surface area contributed by atoms with Gasteiger partial charge in [-0.3, -0.25) is 0 Å². The number of benzene rings is 1. The molecule has 0 saturated heterocycles. The first-order valence-corrected chi connectivity index (χ1v) is 5.15. The van der Waals surface area contributed by atoms with E-state index in [-0.39, 0.29) is 0 Å². The van der Waals surface area contributed by atoms with E-state index in [0.29, 0.717) is 16.8 Å². The van der Waals surface area contributed by atoms with Crippen molar-refractivity contribution in [2.45, 2.75) is 0 Å². The molecule has 0 spiro atoms. The van der Waals surface area contributed by atoms with Crippen LogP contribution in [0.5, 0.6) is 0 Å². The van der Waals surface area contributed by atoms with Crippen LogP contribution < -0.4 is 0 Å². The number of halogens is 1. The lowest BCUT2D eigenvalue weighted by atomic mass is 10.2. The third-order valence-corrected chi connectivity index (χ3v) is 2.58. The Labute approximate surface area is 96.5 Å². The molecule has 0 amide bonds. The molecule has 16 heavy (non-hydrogen) atoms. The third kappa shape index (κ3) is 1.35. The van der Waals surface area contributed by atoms with Crippen molar-refractivity contribution < 1.29 is 0 Å². The van der Waals surface area contributed by atoms with E-state index >= 15 is 0 Å². The predicted molar refractivity (Wildman–Crippen MR) is 61.2 cm³/mol. The van der Waals surface area contributed by atoms with Crippen molar-refractivity contribution in [1.82, 2.24) is 19.6 Å². The van der Waals surface area contributed by atoms with E-state index < -0.39 is 0 Å². The summed E-state index contributed by atoms with van der Waals surface area (Å²) in [5.41, 5.74) is 1.66. The maximum atomic E-state index is 6.03. The van der Waals surface area contributed by atoms with Crippen LogP contribution in [-0.2, 0) is 0 Å². The molecule has 0 fully saturated rings. The van der Waals surface area contributed by atoms with Gasteiger partial charge in [-0.05, 0) is 11.6 Å². The normalized spacial score (nSPS) is 10.8. The number of rotatable bonds is 1. The van der Waals surface area contributed by atoms with Crippen LogP contribution in [0.4, 0.5) is 0 Å². The minimum absolute atomic E-state index is 0.362. The average molecular weight is 231 g/mol. The van der Waals surface area contributed by atoms with Crippen LogP contribution in [0, 0.1) is 0 Å². The lowest BCUT2D eigenvalue weighted by molar-refractivity contribution is 1.08. The van der Waals surface area contributed by atoms with Crippen molar-refractivity contribution in [3.8, 4) is 11.4 Å². The van der Waals surface area contributed by atoms with Gasteiger partial charge >= 0.3 is 0 Å². The maximum absolute atomic E-state index is 6.03. The molecule has 0 aliphatic rings. The third-order valence-electron chi connectivity index (χ3n) is 2.31. The second-order valence-corrected chi connectivity index (χ2v) is 3.64. The molecule has 78 valence electrons. The molecular weight excluding hydrogens is 224 g/mol. The van der Waals surface area contributed by atoms with Crippen molar-refractivity contribution in [2.75, 3.05) is 0 Å². The van der Waals surface area contributed by atoms with Crippen LogP contribution in [0.2, 0.25) is 5.28 Å². The Morgan fingerprint density at radius 2 is 1.81 bits per heavy atom. The highest BCUT2D eigenvalue weighted by Gasteiger charge is 2.10. The fourth-order valence-corrected chi connectivity index (χ4v) is 1.81. The van der Waals surface area contributed by atoms with Gasteiger partial charge in [-0.15, -0.1) is 10.2 Å². The lowest BCUT2D eigenvalue weighted by Crippen LogP contribution is -1.93. The van der Waals surface area contributed by atoms with E-state index in [2.05, 4.69) is 15.2 Å². The predicted octanol–water partition coefficient (Wildman–Crippen LogP) is 2.44.